The highest BCUT2D eigenvalue weighted by Crippen LogP contribution is 2.20. The summed E-state index contributed by atoms with van der Waals surface area (Å²) < 4.78 is 6.34. The monoisotopic (exact) mass is 255 g/mol. The maximum absolute atomic E-state index is 11.6. The van der Waals surface area contributed by atoms with Crippen molar-refractivity contribution in [3.8, 4) is 0 Å². The smallest absolute Gasteiger partial charge is 0.360 e. The molecular formula is C12H21N3O3. The summed E-state index contributed by atoms with van der Waals surface area (Å²) in [4.78, 5) is 11.6. The van der Waals surface area contributed by atoms with Gasteiger partial charge in [0.1, 0.15) is 0 Å². The first-order chi connectivity index (χ1) is 8.26. The Bertz CT molecular complexity index is 419. The minimum atomic E-state index is -0.772. The second-order valence-corrected chi connectivity index (χ2v) is 5.26. The lowest BCUT2D eigenvalue weighted by atomic mass is 10.0. The molecule has 0 saturated heterocycles. The number of carbonyl (C=O) groups is 1. The third-order valence-corrected chi connectivity index (χ3v) is 2.63. The van der Waals surface area contributed by atoms with Gasteiger partial charge >= 0.3 is 5.97 Å². The van der Waals surface area contributed by atoms with Crippen molar-refractivity contribution in [2.45, 2.75) is 52.2 Å². The molecule has 1 N–H and O–H groups in total. The average Bonchev–Trinajstić information content (AvgIpc) is 2.68. The van der Waals surface area contributed by atoms with E-state index in [1.54, 1.807) is 18.5 Å². The minimum Gasteiger partial charge on any atom is -0.464 e. The van der Waals surface area contributed by atoms with E-state index in [4.69, 9.17) is 0 Å². The number of aryl methyl sites for hydroxylation is 1. The maximum Gasteiger partial charge on any atom is 0.360 e. The minimum absolute atomic E-state index is 0.107. The summed E-state index contributed by atoms with van der Waals surface area (Å²) in [5.74, 6) is -0.371. The summed E-state index contributed by atoms with van der Waals surface area (Å²) in [6.07, 6.45) is 0.538. The Kier molecular flexibility index (Phi) is 4.45. The van der Waals surface area contributed by atoms with Crippen LogP contribution in [0.4, 0.5) is 0 Å². The van der Waals surface area contributed by atoms with Crippen molar-refractivity contribution in [1.29, 1.82) is 0 Å². The Morgan fingerprint density at radius 3 is 2.56 bits per heavy atom. The number of aliphatic hydroxyl groups is 1. The second-order valence-electron chi connectivity index (χ2n) is 5.26. The van der Waals surface area contributed by atoms with Gasteiger partial charge in [0.25, 0.3) is 0 Å². The molecular weight excluding hydrogens is 234 g/mol. The summed E-state index contributed by atoms with van der Waals surface area (Å²) in [6, 6.07) is 0. The van der Waals surface area contributed by atoms with Gasteiger partial charge in [0, 0.05) is 6.54 Å². The van der Waals surface area contributed by atoms with E-state index >= 15 is 0 Å². The summed E-state index contributed by atoms with van der Waals surface area (Å²) in [7, 11) is 1.32. The van der Waals surface area contributed by atoms with Crippen LogP contribution in [0.25, 0.3) is 0 Å². The number of ether oxygens (including phenoxy) is 1. The Morgan fingerprint density at radius 1 is 1.50 bits per heavy atom. The molecule has 0 unspecified atom stereocenters. The standard InChI is InChI=1S/C12H21N3O3/c1-8(2)10-9(11(16)18-5)13-14-15(10)7-6-12(3,4)17/h8,17H,6-7H2,1-5H3. The van der Waals surface area contributed by atoms with Crippen LogP contribution >= 0.6 is 0 Å². The molecule has 1 aromatic rings. The molecule has 1 aromatic heterocycles. The van der Waals surface area contributed by atoms with Crippen LogP contribution in [0, 0.1) is 0 Å². The van der Waals surface area contributed by atoms with Gasteiger partial charge in [-0.05, 0) is 26.2 Å². The predicted molar refractivity (Wildman–Crippen MR) is 66.4 cm³/mol. The molecule has 0 amide bonds. The number of hydrogen-bond acceptors (Lipinski definition) is 5. The zero-order chi connectivity index (χ0) is 13.9. The lowest BCUT2D eigenvalue weighted by Gasteiger charge is -2.18. The van der Waals surface area contributed by atoms with Crippen molar-refractivity contribution in [3.63, 3.8) is 0 Å². The molecule has 0 radical (unpaired) electrons. The quantitative estimate of drug-likeness (QED) is 0.804. The number of carbonyl (C=O) groups excluding carboxylic acids is 1. The number of methoxy groups -OCH3 is 1. The fourth-order valence-electron chi connectivity index (χ4n) is 1.68. The number of aromatic nitrogens is 3. The van der Waals surface area contributed by atoms with E-state index in [-0.39, 0.29) is 11.6 Å². The largest absolute Gasteiger partial charge is 0.464 e. The van der Waals surface area contributed by atoms with E-state index in [2.05, 4.69) is 15.0 Å². The van der Waals surface area contributed by atoms with E-state index in [0.717, 1.165) is 5.69 Å². The summed E-state index contributed by atoms with van der Waals surface area (Å²) in [6.45, 7) is 7.92. The van der Waals surface area contributed by atoms with E-state index in [1.807, 2.05) is 13.8 Å². The molecule has 6 nitrogen and oxygen atoms in total. The van der Waals surface area contributed by atoms with Gasteiger partial charge in [-0.1, -0.05) is 19.1 Å². The molecule has 0 aliphatic rings. The molecule has 102 valence electrons. The lowest BCUT2D eigenvalue weighted by Crippen LogP contribution is -2.22. The summed E-state index contributed by atoms with van der Waals surface area (Å²) >= 11 is 0. The lowest BCUT2D eigenvalue weighted by molar-refractivity contribution is 0.0592. The Hall–Kier alpha value is -1.43. The van der Waals surface area contributed by atoms with Crippen LogP contribution in [0.15, 0.2) is 0 Å². The summed E-state index contributed by atoms with van der Waals surface area (Å²) in [5, 5.41) is 17.5. The van der Waals surface area contributed by atoms with Gasteiger partial charge in [0.2, 0.25) is 0 Å². The van der Waals surface area contributed by atoms with Crippen LogP contribution in [0.2, 0.25) is 0 Å². The van der Waals surface area contributed by atoms with Gasteiger partial charge in [0.05, 0.1) is 18.4 Å². The van der Waals surface area contributed by atoms with Crippen molar-refractivity contribution < 1.29 is 14.6 Å². The first-order valence-corrected chi connectivity index (χ1v) is 6.00. The molecule has 18 heavy (non-hydrogen) atoms. The molecule has 1 rings (SSSR count). The van der Waals surface area contributed by atoms with Crippen LogP contribution in [0.1, 0.15) is 56.2 Å². The van der Waals surface area contributed by atoms with Crippen molar-refractivity contribution in [1.82, 2.24) is 15.0 Å². The van der Waals surface area contributed by atoms with Crippen LogP contribution in [-0.4, -0.2) is 38.8 Å². The second kappa shape index (κ2) is 5.48. The fraction of sp³-hybridized carbons (Fsp3) is 0.750. The van der Waals surface area contributed by atoms with Crippen molar-refractivity contribution in [3.05, 3.63) is 11.4 Å². The molecule has 0 atom stereocenters. The number of esters is 1. The Labute approximate surface area is 107 Å². The van der Waals surface area contributed by atoms with Gasteiger partial charge in [-0.2, -0.15) is 0 Å². The highest BCUT2D eigenvalue weighted by molar-refractivity contribution is 5.88. The van der Waals surface area contributed by atoms with Gasteiger partial charge in [0.15, 0.2) is 5.69 Å². The van der Waals surface area contributed by atoms with Gasteiger partial charge < -0.3 is 9.84 Å². The number of nitrogens with zero attached hydrogens (tertiary/aromatic N) is 3. The van der Waals surface area contributed by atoms with Crippen molar-refractivity contribution in [2.75, 3.05) is 7.11 Å². The molecule has 6 heteroatoms. The van der Waals surface area contributed by atoms with E-state index in [0.29, 0.717) is 13.0 Å². The first-order valence-electron chi connectivity index (χ1n) is 6.00. The highest BCUT2D eigenvalue weighted by atomic mass is 16.5. The van der Waals surface area contributed by atoms with Crippen LogP contribution in [0.5, 0.6) is 0 Å². The average molecular weight is 255 g/mol. The van der Waals surface area contributed by atoms with Gasteiger partial charge in [-0.3, -0.25) is 0 Å². The fourth-order valence-corrected chi connectivity index (χ4v) is 1.68. The zero-order valence-electron chi connectivity index (χ0n) is 11.6. The molecule has 1 heterocycles. The zero-order valence-corrected chi connectivity index (χ0v) is 11.6. The van der Waals surface area contributed by atoms with E-state index < -0.39 is 11.6 Å². The maximum atomic E-state index is 11.6. The Morgan fingerprint density at radius 2 is 2.11 bits per heavy atom. The molecule has 0 spiro atoms. The molecule has 0 fully saturated rings. The van der Waals surface area contributed by atoms with Crippen LogP contribution in [-0.2, 0) is 11.3 Å². The predicted octanol–water partition coefficient (Wildman–Crippen LogP) is 1.35. The number of rotatable bonds is 5. The van der Waals surface area contributed by atoms with E-state index in [1.165, 1.54) is 7.11 Å². The molecule has 0 saturated carbocycles. The number of hydrogen-bond donors (Lipinski definition) is 1. The third kappa shape index (κ3) is 3.53. The topological polar surface area (TPSA) is 77.2 Å². The molecule has 0 aliphatic carbocycles. The first kappa shape index (κ1) is 14.6. The SMILES string of the molecule is COC(=O)c1nnn(CCC(C)(C)O)c1C(C)C. The normalized spacial score (nSPS) is 11.9. The van der Waals surface area contributed by atoms with Gasteiger partial charge in [-0.25, -0.2) is 9.48 Å². The van der Waals surface area contributed by atoms with Crippen molar-refractivity contribution in [2.24, 2.45) is 0 Å². The Balaban J connectivity index is 2.99. The van der Waals surface area contributed by atoms with Crippen LogP contribution < -0.4 is 0 Å². The molecule has 0 aliphatic heterocycles. The van der Waals surface area contributed by atoms with Crippen LogP contribution in [0.3, 0.4) is 0 Å². The van der Waals surface area contributed by atoms with Gasteiger partial charge in [-0.15, -0.1) is 5.10 Å². The highest BCUT2D eigenvalue weighted by Gasteiger charge is 2.23. The van der Waals surface area contributed by atoms with E-state index in [9.17, 15) is 9.90 Å². The summed E-state index contributed by atoms with van der Waals surface area (Å²) in [5.41, 5.74) is 0.223. The third-order valence-electron chi connectivity index (χ3n) is 2.63. The molecule has 0 aromatic carbocycles. The molecule has 0 bridgehead atoms. The van der Waals surface area contributed by atoms with Crippen molar-refractivity contribution >= 4 is 5.97 Å².